The summed E-state index contributed by atoms with van der Waals surface area (Å²) < 4.78 is 5.56. The second-order valence-electron chi connectivity index (χ2n) is 4.79. The van der Waals surface area contributed by atoms with Gasteiger partial charge in [-0.15, -0.1) is 0 Å². The number of ether oxygens (including phenoxy) is 1. The van der Waals surface area contributed by atoms with Gasteiger partial charge in [0.2, 0.25) is 5.91 Å². The summed E-state index contributed by atoms with van der Waals surface area (Å²) in [6.07, 6.45) is 1.40. The standard InChI is InChI=1S/C14H15N3O3/c18-13-6-5-11(16-17-13)14(19)15-10-7-8-20-12-4-2-1-3-9(10)12/h1-4,10H,5-8H2,(H,15,19)(H,17,18). The molecule has 0 saturated carbocycles. The van der Waals surface area contributed by atoms with Gasteiger partial charge in [-0.2, -0.15) is 5.10 Å². The zero-order chi connectivity index (χ0) is 13.9. The van der Waals surface area contributed by atoms with Gasteiger partial charge < -0.3 is 10.1 Å². The SMILES string of the molecule is O=C1CCC(C(=O)NC2CCOc3ccccc32)=NN1. The molecule has 2 aliphatic rings. The third-order valence-electron chi connectivity index (χ3n) is 3.43. The molecule has 0 bridgehead atoms. The van der Waals surface area contributed by atoms with E-state index in [0.29, 0.717) is 25.2 Å². The second-order valence-corrected chi connectivity index (χ2v) is 4.79. The first-order valence-electron chi connectivity index (χ1n) is 6.62. The number of nitrogens with zero attached hydrogens (tertiary/aromatic N) is 1. The van der Waals surface area contributed by atoms with E-state index in [4.69, 9.17) is 4.74 Å². The summed E-state index contributed by atoms with van der Waals surface area (Å²) in [4.78, 5) is 23.2. The van der Waals surface area contributed by atoms with Crippen molar-refractivity contribution in [3.8, 4) is 5.75 Å². The first-order chi connectivity index (χ1) is 9.74. The van der Waals surface area contributed by atoms with Gasteiger partial charge in [-0.25, -0.2) is 5.43 Å². The number of para-hydroxylation sites is 1. The zero-order valence-corrected chi connectivity index (χ0v) is 10.9. The number of hydrogen-bond donors (Lipinski definition) is 2. The molecule has 0 aromatic heterocycles. The lowest BCUT2D eigenvalue weighted by Gasteiger charge is -2.27. The summed E-state index contributed by atoms with van der Waals surface area (Å²) in [6, 6.07) is 7.60. The average molecular weight is 273 g/mol. The molecule has 1 unspecified atom stereocenters. The summed E-state index contributed by atoms with van der Waals surface area (Å²) in [5.74, 6) is 0.424. The van der Waals surface area contributed by atoms with Crippen LogP contribution in [0.25, 0.3) is 0 Å². The van der Waals surface area contributed by atoms with Crippen LogP contribution in [-0.4, -0.2) is 24.1 Å². The Morgan fingerprint density at radius 3 is 3.00 bits per heavy atom. The molecule has 2 heterocycles. The molecule has 2 aliphatic heterocycles. The largest absolute Gasteiger partial charge is 0.493 e. The highest BCUT2D eigenvalue weighted by atomic mass is 16.5. The minimum absolute atomic E-state index is 0.0761. The Kier molecular flexibility index (Phi) is 3.37. The molecule has 0 radical (unpaired) electrons. The number of nitrogens with one attached hydrogen (secondary N) is 2. The Bertz CT molecular complexity index is 583. The van der Waals surface area contributed by atoms with Crippen molar-refractivity contribution >= 4 is 17.5 Å². The Balaban J connectivity index is 1.73. The van der Waals surface area contributed by atoms with Gasteiger partial charge in [0, 0.05) is 24.8 Å². The Morgan fingerprint density at radius 1 is 1.35 bits per heavy atom. The molecule has 2 N–H and O–H groups in total. The smallest absolute Gasteiger partial charge is 0.267 e. The normalized spacial score (nSPS) is 21.1. The fraction of sp³-hybridized carbons (Fsp3) is 0.357. The van der Waals surface area contributed by atoms with E-state index in [1.165, 1.54) is 0 Å². The summed E-state index contributed by atoms with van der Waals surface area (Å²) >= 11 is 0. The lowest BCUT2D eigenvalue weighted by atomic mass is 10.00. The monoisotopic (exact) mass is 273 g/mol. The van der Waals surface area contributed by atoms with Crippen molar-refractivity contribution in [2.45, 2.75) is 25.3 Å². The van der Waals surface area contributed by atoms with Crippen molar-refractivity contribution in [3.05, 3.63) is 29.8 Å². The van der Waals surface area contributed by atoms with Crippen LogP contribution >= 0.6 is 0 Å². The van der Waals surface area contributed by atoms with Gasteiger partial charge in [0.15, 0.2) is 0 Å². The van der Waals surface area contributed by atoms with E-state index in [1.807, 2.05) is 24.3 Å². The first kappa shape index (κ1) is 12.7. The average Bonchev–Trinajstić information content (AvgIpc) is 2.48. The van der Waals surface area contributed by atoms with Crippen LogP contribution < -0.4 is 15.5 Å². The number of amides is 2. The number of carbonyl (C=O) groups excluding carboxylic acids is 2. The van der Waals surface area contributed by atoms with Crippen LogP contribution in [0, 0.1) is 0 Å². The first-order valence-corrected chi connectivity index (χ1v) is 6.62. The number of fused-ring (bicyclic) bond motifs is 1. The van der Waals surface area contributed by atoms with Gasteiger partial charge in [-0.3, -0.25) is 9.59 Å². The Morgan fingerprint density at radius 2 is 2.20 bits per heavy atom. The number of hydrazone groups is 1. The molecule has 0 fully saturated rings. The molecule has 2 amide bonds. The molecule has 0 spiro atoms. The fourth-order valence-corrected chi connectivity index (χ4v) is 2.37. The van der Waals surface area contributed by atoms with Crippen molar-refractivity contribution in [2.75, 3.05) is 6.61 Å². The number of hydrogen-bond acceptors (Lipinski definition) is 4. The van der Waals surface area contributed by atoms with E-state index < -0.39 is 0 Å². The van der Waals surface area contributed by atoms with Crippen LogP contribution in [0.15, 0.2) is 29.4 Å². The molecule has 6 nitrogen and oxygen atoms in total. The lowest BCUT2D eigenvalue weighted by molar-refractivity contribution is -0.121. The topological polar surface area (TPSA) is 79.8 Å². The molecule has 104 valence electrons. The molecule has 3 rings (SSSR count). The van der Waals surface area contributed by atoms with Crippen molar-refractivity contribution in [1.82, 2.24) is 10.7 Å². The molecule has 0 saturated heterocycles. The van der Waals surface area contributed by atoms with E-state index in [9.17, 15) is 9.59 Å². The molecular formula is C14H15N3O3. The summed E-state index contributed by atoms with van der Waals surface area (Å²) in [5, 5.41) is 6.76. The van der Waals surface area contributed by atoms with Crippen molar-refractivity contribution in [2.24, 2.45) is 5.10 Å². The third-order valence-corrected chi connectivity index (χ3v) is 3.43. The van der Waals surface area contributed by atoms with Crippen LogP contribution in [-0.2, 0) is 9.59 Å². The predicted octanol–water partition coefficient (Wildman–Crippen LogP) is 0.892. The summed E-state index contributed by atoms with van der Waals surface area (Å²) in [6.45, 7) is 0.575. The molecule has 1 atom stereocenters. The van der Waals surface area contributed by atoms with Gasteiger partial charge in [-0.05, 0) is 6.07 Å². The van der Waals surface area contributed by atoms with Gasteiger partial charge in [0.1, 0.15) is 11.5 Å². The highest BCUT2D eigenvalue weighted by Crippen LogP contribution is 2.31. The van der Waals surface area contributed by atoms with Crippen molar-refractivity contribution in [1.29, 1.82) is 0 Å². The van der Waals surface area contributed by atoms with Gasteiger partial charge >= 0.3 is 0 Å². The highest BCUT2D eigenvalue weighted by Gasteiger charge is 2.25. The maximum Gasteiger partial charge on any atom is 0.267 e. The minimum atomic E-state index is -0.230. The molecular weight excluding hydrogens is 258 g/mol. The predicted molar refractivity (Wildman–Crippen MR) is 72.2 cm³/mol. The maximum atomic E-state index is 12.1. The van der Waals surface area contributed by atoms with E-state index in [-0.39, 0.29) is 17.9 Å². The number of carbonyl (C=O) groups is 2. The lowest BCUT2D eigenvalue weighted by Crippen LogP contribution is -2.39. The van der Waals surface area contributed by atoms with Crippen LogP contribution in [0.2, 0.25) is 0 Å². The summed E-state index contributed by atoms with van der Waals surface area (Å²) in [5.41, 5.74) is 3.68. The van der Waals surface area contributed by atoms with E-state index in [2.05, 4.69) is 15.8 Å². The molecule has 1 aromatic carbocycles. The van der Waals surface area contributed by atoms with Crippen molar-refractivity contribution < 1.29 is 14.3 Å². The summed E-state index contributed by atoms with van der Waals surface area (Å²) in [7, 11) is 0. The quantitative estimate of drug-likeness (QED) is 0.840. The van der Waals surface area contributed by atoms with E-state index >= 15 is 0 Å². The number of rotatable bonds is 2. The zero-order valence-electron chi connectivity index (χ0n) is 10.9. The van der Waals surface area contributed by atoms with Gasteiger partial charge in [0.25, 0.3) is 5.91 Å². The molecule has 6 heteroatoms. The van der Waals surface area contributed by atoms with E-state index in [0.717, 1.165) is 17.7 Å². The van der Waals surface area contributed by atoms with Crippen LogP contribution in [0.3, 0.4) is 0 Å². The molecule has 1 aromatic rings. The minimum Gasteiger partial charge on any atom is -0.493 e. The van der Waals surface area contributed by atoms with Crippen LogP contribution in [0.4, 0.5) is 0 Å². The van der Waals surface area contributed by atoms with Gasteiger partial charge in [-0.1, -0.05) is 18.2 Å². The Hall–Kier alpha value is -2.37. The van der Waals surface area contributed by atoms with Gasteiger partial charge in [0.05, 0.1) is 12.6 Å². The highest BCUT2D eigenvalue weighted by molar-refractivity contribution is 6.39. The number of benzene rings is 1. The second kappa shape index (κ2) is 5.32. The van der Waals surface area contributed by atoms with Crippen LogP contribution in [0.5, 0.6) is 5.75 Å². The van der Waals surface area contributed by atoms with Crippen LogP contribution in [0.1, 0.15) is 30.9 Å². The van der Waals surface area contributed by atoms with Crippen molar-refractivity contribution in [3.63, 3.8) is 0 Å². The molecule has 0 aliphatic carbocycles. The maximum absolute atomic E-state index is 12.1. The fourth-order valence-electron chi connectivity index (χ4n) is 2.37. The third kappa shape index (κ3) is 2.49. The Labute approximate surface area is 116 Å². The molecule has 20 heavy (non-hydrogen) atoms. The van der Waals surface area contributed by atoms with E-state index in [1.54, 1.807) is 0 Å².